The van der Waals surface area contributed by atoms with Gasteiger partial charge in [-0.05, 0) is 33.9 Å². The smallest absolute Gasteiger partial charge is 0.408 e. The third-order valence-electron chi connectivity index (χ3n) is 7.96. The van der Waals surface area contributed by atoms with Crippen molar-refractivity contribution in [1.82, 2.24) is 9.88 Å². The number of fused-ring (bicyclic) bond motifs is 1. The molecule has 0 aliphatic heterocycles. The predicted molar refractivity (Wildman–Crippen MR) is 171 cm³/mol. The SMILES string of the molecule is O=C(N[C@@H](Cc1cn(C(c2ccccc2)(c2ccccc2)c2ccccc2)c2ccccc12)C(=O)O)OCc1ccccc1. The fourth-order valence-electron chi connectivity index (χ4n) is 5.97. The largest absolute Gasteiger partial charge is 0.480 e. The summed E-state index contributed by atoms with van der Waals surface area (Å²) in [5.74, 6) is -1.14. The fraction of sp³-hybridized carbons (Fsp3) is 0.105. The van der Waals surface area contributed by atoms with E-state index in [1.165, 1.54) is 0 Å². The summed E-state index contributed by atoms with van der Waals surface area (Å²) in [6.07, 6.45) is 1.32. The quantitative estimate of drug-likeness (QED) is 0.166. The van der Waals surface area contributed by atoms with Crippen LogP contribution in [0.2, 0.25) is 0 Å². The van der Waals surface area contributed by atoms with E-state index >= 15 is 0 Å². The first kappa shape index (κ1) is 28.5. The molecule has 0 saturated heterocycles. The van der Waals surface area contributed by atoms with E-state index in [1.807, 2.05) is 109 Å². The summed E-state index contributed by atoms with van der Waals surface area (Å²) in [6.45, 7) is 0.0477. The molecule has 0 fully saturated rings. The minimum Gasteiger partial charge on any atom is -0.480 e. The first-order valence-corrected chi connectivity index (χ1v) is 14.5. The Balaban J connectivity index is 1.46. The molecule has 1 aromatic heterocycles. The number of carbonyl (C=O) groups is 2. The molecule has 6 nitrogen and oxygen atoms in total. The molecule has 0 unspecified atom stereocenters. The Kier molecular flexibility index (Phi) is 8.23. The Labute approximate surface area is 256 Å². The lowest BCUT2D eigenvalue weighted by Gasteiger charge is -2.38. The van der Waals surface area contributed by atoms with Gasteiger partial charge in [0.15, 0.2) is 0 Å². The molecular weight excluding hydrogens is 548 g/mol. The number of para-hydroxylation sites is 1. The van der Waals surface area contributed by atoms with Gasteiger partial charge in [0.2, 0.25) is 0 Å². The van der Waals surface area contributed by atoms with Crippen LogP contribution in [0.3, 0.4) is 0 Å². The van der Waals surface area contributed by atoms with Crippen molar-refractivity contribution in [3.8, 4) is 0 Å². The molecule has 0 aliphatic rings. The van der Waals surface area contributed by atoms with E-state index in [1.54, 1.807) is 0 Å². The Hall–Kier alpha value is -5.62. The highest BCUT2D eigenvalue weighted by Crippen LogP contribution is 2.43. The van der Waals surface area contributed by atoms with Gasteiger partial charge in [-0.25, -0.2) is 9.59 Å². The summed E-state index contributed by atoms with van der Waals surface area (Å²) in [5.41, 5.74) is 4.95. The van der Waals surface area contributed by atoms with Crippen LogP contribution in [0.5, 0.6) is 0 Å². The number of aliphatic carboxylic acids is 1. The van der Waals surface area contributed by atoms with Crippen LogP contribution in [0.25, 0.3) is 10.9 Å². The van der Waals surface area contributed by atoms with Gasteiger partial charge in [0, 0.05) is 23.5 Å². The molecule has 1 heterocycles. The molecule has 5 aromatic carbocycles. The molecule has 6 aromatic rings. The summed E-state index contributed by atoms with van der Waals surface area (Å²) in [4.78, 5) is 25.1. The standard InChI is InChI=1S/C38H32N2O4/c41-36(42)34(39-37(43)44-27-28-15-5-1-6-16-28)25-29-26-40(35-24-14-13-23-33(29)35)38(30-17-7-2-8-18-30,31-19-9-3-10-20-31)32-21-11-4-12-22-32/h1-24,26,34H,25,27H2,(H,39,43)(H,41,42)/t34-/m0/s1. The minimum absolute atomic E-state index is 0.0477. The van der Waals surface area contributed by atoms with Crippen LogP contribution in [-0.4, -0.2) is 27.8 Å². The van der Waals surface area contributed by atoms with Crippen molar-refractivity contribution in [3.05, 3.63) is 180 Å². The van der Waals surface area contributed by atoms with E-state index in [4.69, 9.17) is 4.74 Å². The molecular formula is C38H32N2O4. The Morgan fingerprint density at radius 3 is 1.68 bits per heavy atom. The van der Waals surface area contributed by atoms with Gasteiger partial charge >= 0.3 is 12.1 Å². The first-order valence-electron chi connectivity index (χ1n) is 14.5. The van der Waals surface area contributed by atoms with Crippen molar-refractivity contribution in [2.45, 2.75) is 24.6 Å². The number of amides is 1. The van der Waals surface area contributed by atoms with E-state index in [9.17, 15) is 14.7 Å². The number of nitrogens with zero attached hydrogens (tertiary/aromatic N) is 1. The zero-order valence-corrected chi connectivity index (χ0v) is 24.0. The second kappa shape index (κ2) is 12.7. The zero-order chi connectivity index (χ0) is 30.4. The Morgan fingerprint density at radius 1 is 0.682 bits per heavy atom. The van der Waals surface area contributed by atoms with Crippen LogP contribution >= 0.6 is 0 Å². The highest BCUT2D eigenvalue weighted by Gasteiger charge is 2.39. The number of benzene rings is 5. The highest BCUT2D eigenvalue weighted by molar-refractivity contribution is 5.87. The van der Waals surface area contributed by atoms with Crippen LogP contribution in [0.1, 0.15) is 27.8 Å². The van der Waals surface area contributed by atoms with Gasteiger partial charge in [-0.3, -0.25) is 0 Å². The maximum Gasteiger partial charge on any atom is 0.408 e. The van der Waals surface area contributed by atoms with Crippen molar-refractivity contribution in [2.75, 3.05) is 0 Å². The van der Waals surface area contributed by atoms with E-state index in [0.29, 0.717) is 0 Å². The van der Waals surface area contributed by atoms with Gasteiger partial charge in [-0.2, -0.15) is 0 Å². The molecule has 2 N–H and O–H groups in total. The van der Waals surface area contributed by atoms with Crippen molar-refractivity contribution >= 4 is 23.0 Å². The van der Waals surface area contributed by atoms with Gasteiger partial charge in [0.1, 0.15) is 18.2 Å². The van der Waals surface area contributed by atoms with Crippen molar-refractivity contribution in [2.24, 2.45) is 0 Å². The van der Waals surface area contributed by atoms with Crippen LogP contribution in [-0.2, 0) is 28.1 Å². The Bertz CT molecular complexity index is 1760. The van der Waals surface area contributed by atoms with Gasteiger partial charge in [0.25, 0.3) is 0 Å². The molecule has 0 bridgehead atoms. The monoisotopic (exact) mass is 580 g/mol. The maximum atomic E-state index is 12.7. The third-order valence-corrected chi connectivity index (χ3v) is 7.96. The molecule has 6 heteroatoms. The molecule has 6 rings (SSSR count). The van der Waals surface area contributed by atoms with Crippen LogP contribution in [0.15, 0.2) is 152 Å². The lowest BCUT2D eigenvalue weighted by molar-refractivity contribution is -0.139. The average molecular weight is 581 g/mol. The molecule has 218 valence electrons. The minimum atomic E-state index is -1.20. The molecule has 1 atom stereocenters. The van der Waals surface area contributed by atoms with E-state index in [-0.39, 0.29) is 13.0 Å². The van der Waals surface area contributed by atoms with Crippen LogP contribution in [0.4, 0.5) is 4.79 Å². The lowest BCUT2D eigenvalue weighted by atomic mass is 9.76. The van der Waals surface area contributed by atoms with Crippen molar-refractivity contribution in [1.29, 1.82) is 0 Å². The normalized spacial score (nSPS) is 12.0. The summed E-state index contributed by atoms with van der Waals surface area (Å²) in [6, 6.07) is 47.0. The van der Waals surface area contributed by atoms with Crippen LogP contribution < -0.4 is 5.32 Å². The van der Waals surface area contributed by atoms with Gasteiger partial charge in [0.05, 0.1) is 0 Å². The number of aromatic nitrogens is 1. The topological polar surface area (TPSA) is 80.6 Å². The molecule has 44 heavy (non-hydrogen) atoms. The number of alkyl carbamates (subject to hydrolysis) is 1. The average Bonchev–Trinajstić information content (AvgIpc) is 3.44. The molecule has 0 spiro atoms. The van der Waals surface area contributed by atoms with Crippen LogP contribution in [0, 0.1) is 0 Å². The van der Waals surface area contributed by atoms with Crippen molar-refractivity contribution < 1.29 is 19.4 Å². The first-order chi connectivity index (χ1) is 21.6. The third kappa shape index (κ3) is 5.57. The predicted octanol–water partition coefficient (Wildman–Crippen LogP) is 7.40. The Morgan fingerprint density at radius 2 is 1.16 bits per heavy atom. The molecule has 0 aliphatic carbocycles. The number of nitrogens with one attached hydrogen (secondary N) is 1. The number of rotatable bonds is 10. The van der Waals surface area contributed by atoms with E-state index in [2.05, 4.69) is 52.3 Å². The van der Waals surface area contributed by atoms with Gasteiger partial charge in [-0.15, -0.1) is 0 Å². The summed E-state index contributed by atoms with van der Waals surface area (Å²) < 4.78 is 7.59. The molecule has 1 amide bonds. The van der Waals surface area contributed by atoms with E-state index in [0.717, 1.165) is 38.7 Å². The maximum absolute atomic E-state index is 12.7. The summed E-state index contributed by atoms with van der Waals surface area (Å²) in [7, 11) is 0. The highest BCUT2D eigenvalue weighted by atomic mass is 16.5. The molecule has 0 radical (unpaired) electrons. The number of carboxylic acids is 1. The number of carbonyl (C=O) groups excluding carboxylic acids is 1. The fourth-order valence-corrected chi connectivity index (χ4v) is 5.97. The summed E-state index contributed by atoms with van der Waals surface area (Å²) in [5, 5.41) is 13.6. The second-order valence-corrected chi connectivity index (χ2v) is 10.7. The van der Waals surface area contributed by atoms with Gasteiger partial charge < -0.3 is 19.7 Å². The number of hydrogen-bond acceptors (Lipinski definition) is 3. The molecule has 0 saturated carbocycles. The lowest BCUT2D eigenvalue weighted by Crippen LogP contribution is -2.42. The number of hydrogen-bond donors (Lipinski definition) is 2. The zero-order valence-electron chi connectivity index (χ0n) is 24.0. The number of ether oxygens (including phenoxy) is 1. The number of carboxylic acid groups (broad SMARTS) is 1. The van der Waals surface area contributed by atoms with Crippen molar-refractivity contribution in [3.63, 3.8) is 0 Å². The second-order valence-electron chi connectivity index (χ2n) is 10.7. The summed E-state index contributed by atoms with van der Waals surface area (Å²) >= 11 is 0. The van der Waals surface area contributed by atoms with Gasteiger partial charge in [-0.1, -0.05) is 140 Å². The van der Waals surface area contributed by atoms with E-state index < -0.39 is 23.6 Å².